The summed E-state index contributed by atoms with van der Waals surface area (Å²) in [6.45, 7) is 0. The predicted octanol–water partition coefficient (Wildman–Crippen LogP) is 4.89. The lowest BCUT2D eigenvalue weighted by Gasteiger charge is -2.10. The molecule has 1 heterocycles. The molecular weight excluding hydrogens is 420 g/mol. The first-order chi connectivity index (χ1) is 10.1. The molecule has 0 aliphatic heterocycles. The number of nitriles is 1. The standard InChI is InChI=1S/C15H8Cl2IN3/c16-7-15-20-12-6-11(18)3-4-13(12)21(15)14-5-10(17)2-1-9(14)8-19/h1-6H,7H2. The number of imidazole rings is 1. The molecule has 0 fully saturated rings. The van der Waals surface area contributed by atoms with E-state index < -0.39 is 0 Å². The van der Waals surface area contributed by atoms with E-state index in [-0.39, 0.29) is 5.88 Å². The third-order valence-electron chi connectivity index (χ3n) is 3.13. The largest absolute Gasteiger partial charge is 0.294 e. The Morgan fingerprint density at radius 1 is 1.24 bits per heavy atom. The topological polar surface area (TPSA) is 41.6 Å². The van der Waals surface area contributed by atoms with Gasteiger partial charge in [0.2, 0.25) is 0 Å². The van der Waals surface area contributed by atoms with Gasteiger partial charge in [-0.3, -0.25) is 4.57 Å². The average molecular weight is 428 g/mol. The highest BCUT2D eigenvalue weighted by molar-refractivity contribution is 14.1. The normalized spacial score (nSPS) is 10.8. The van der Waals surface area contributed by atoms with Crippen LogP contribution < -0.4 is 0 Å². The van der Waals surface area contributed by atoms with E-state index in [4.69, 9.17) is 23.2 Å². The summed E-state index contributed by atoms with van der Waals surface area (Å²) in [5, 5.41) is 9.89. The SMILES string of the molecule is N#Cc1ccc(Cl)cc1-n1c(CCl)nc2cc(I)ccc21. The minimum Gasteiger partial charge on any atom is -0.294 e. The average Bonchev–Trinajstić information content (AvgIpc) is 2.84. The highest BCUT2D eigenvalue weighted by Gasteiger charge is 2.15. The molecule has 0 amide bonds. The Labute approximate surface area is 145 Å². The Hall–Kier alpha value is -1.29. The number of halogens is 3. The van der Waals surface area contributed by atoms with Crippen molar-refractivity contribution in [3.05, 3.63) is 56.4 Å². The van der Waals surface area contributed by atoms with Crippen molar-refractivity contribution in [2.45, 2.75) is 5.88 Å². The maximum absolute atomic E-state index is 9.33. The van der Waals surface area contributed by atoms with Gasteiger partial charge in [-0.25, -0.2) is 4.98 Å². The molecule has 3 rings (SSSR count). The molecular formula is C15H8Cl2IN3. The number of aromatic nitrogens is 2. The van der Waals surface area contributed by atoms with Crippen LogP contribution in [0.3, 0.4) is 0 Å². The van der Waals surface area contributed by atoms with Gasteiger partial charge in [-0.15, -0.1) is 11.6 Å². The first kappa shape index (κ1) is 14.6. The molecule has 0 aliphatic rings. The predicted molar refractivity (Wildman–Crippen MR) is 93.1 cm³/mol. The van der Waals surface area contributed by atoms with Gasteiger partial charge in [-0.1, -0.05) is 11.6 Å². The van der Waals surface area contributed by atoms with E-state index in [0.29, 0.717) is 22.1 Å². The Morgan fingerprint density at radius 3 is 2.76 bits per heavy atom. The molecule has 1 aromatic heterocycles. The van der Waals surface area contributed by atoms with E-state index in [1.807, 2.05) is 22.8 Å². The second-order valence-electron chi connectivity index (χ2n) is 4.40. The lowest BCUT2D eigenvalue weighted by Crippen LogP contribution is -2.02. The third-order valence-corrected chi connectivity index (χ3v) is 4.27. The number of hydrogen-bond donors (Lipinski definition) is 0. The molecule has 0 radical (unpaired) electrons. The van der Waals surface area contributed by atoms with Gasteiger partial charge >= 0.3 is 0 Å². The van der Waals surface area contributed by atoms with Gasteiger partial charge < -0.3 is 0 Å². The maximum atomic E-state index is 9.33. The Balaban J connectivity index is 2.39. The minimum absolute atomic E-state index is 0.253. The van der Waals surface area contributed by atoms with Crippen LogP contribution >= 0.6 is 45.8 Å². The minimum atomic E-state index is 0.253. The number of rotatable bonds is 2. The van der Waals surface area contributed by atoms with Gasteiger partial charge in [0.25, 0.3) is 0 Å². The molecule has 0 saturated heterocycles. The summed E-state index contributed by atoms with van der Waals surface area (Å²) in [5.41, 5.74) is 2.99. The van der Waals surface area contributed by atoms with Crippen molar-refractivity contribution in [1.29, 1.82) is 5.26 Å². The van der Waals surface area contributed by atoms with Crippen LogP contribution in [0.4, 0.5) is 0 Å². The maximum Gasteiger partial charge on any atom is 0.129 e. The van der Waals surface area contributed by atoms with Crippen molar-refractivity contribution in [3.8, 4) is 11.8 Å². The van der Waals surface area contributed by atoms with Gasteiger partial charge in [0.1, 0.15) is 11.9 Å². The molecule has 104 valence electrons. The van der Waals surface area contributed by atoms with Crippen LogP contribution in [0, 0.1) is 14.9 Å². The summed E-state index contributed by atoms with van der Waals surface area (Å²) in [6.07, 6.45) is 0. The number of hydrogen-bond acceptors (Lipinski definition) is 2. The molecule has 0 spiro atoms. The van der Waals surface area contributed by atoms with Crippen molar-refractivity contribution in [3.63, 3.8) is 0 Å². The summed E-state index contributed by atoms with van der Waals surface area (Å²) in [5.74, 6) is 0.940. The molecule has 0 N–H and O–H groups in total. The molecule has 21 heavy (non-hydrogen) atoms. The number of alkyl halides is 1. The molecule has 3 nitrogen and oxygen atoms in total. The Bertz CT molecular complexity index is 880. The zero-order valence-electron chi connectivity index (χ0n) is 10.6. The Morgan fingerprint density at radius 2 is 2.05 bits per heavy atom. The number of nitrogens with zero attached hydrogens (tertiary/aromatic N) is 3. The van der Waals surface area contributed by atoms with E-state index in [2.05, 4.69) is 33.6 Å². The van der Waals surface area contributed by atoms with Crippen LogP contribution in [0.25, 0.3) is 16.7 Å². The number of fused-ring (bicyclic) bond motifs is 1. The van der Waals surface area contributed by atoms with Crippen molar-refractivity contribution >= 4 is 56.8 Å². The van der Waals surface area contributed by atoms with Crippen molar-refractivity contribution in [1.82, 2.24) is 9.55 Å². The van der Waals surface area contributed by atoms with Gasteiger partial charge in [0.05, 0.1) is 28.2 Å². The monoisotopic (exact) mass is 427 g/mol. The molecule has 0 atom stereocenters. The highest BCUT2D eigenvalue weighted by Crippen LogP contribution is 2.27. The zero-order chi connectivity index (χ0) is 15.0. The summed E-state index contributed by atoms with van der Waals surface area (Å²) >= 11 is 14.4. The van der Waals surface area contributed by atoms with Crippen molar-refractivity contribution in [2.75, 3.05) is 0 Å². The molecule has 2 aromatic carbocycles. The van der Waals surface area contributed by atoms with E-state index in [1.54, 1.807) is 18.2 Å². The summed E-state index contributed by atoms with van der Waals surface area (Å²) in [7, 11) is 0. The molecule has 3 aromatic rings. The van der Waals surface area contributed by atoms with Gasteiger partial charge in [0.15, 0.2) is 0 Å². The van der Waals surface area contributed by atoms with Crippen LogP contribution in [0.15, 0.2) is 36.4 Å². The molecule has 0 saturated carbocycles. The van der Waals surface area contributed by atoms with E-state index >= 15 is 0 Å². The van der Waals surface area contributed by atoms with E-state index in [1.165, 1.54) is 0 Å². The summed E-state index contributed by atoms with van der Waals surface area (Å²) < 4.78 is 2.99. The van der Waals surface area contributed by atoms with E-state index in [0.717, 1.165) is 14.6 Å². The van der Waals surface area contributed by atoms with Crippen LogP contribution in [0.1, 0.15) is 11.4 Å². The fourth-order valence-electron chi connectivity index (χ4n) is 2.25. The van der Waals surface area contributed by atoms with Crippen LogP contribution in [0.2, 0.25) is 5.02 Å². The summed E-state index contributed by atoms with van der Waals surface area (Å²) in [6, 6.07) is 13.3. The lowest BCUT2D eigenvalue weighted by molar-refractivity contribution is 0.978. The quantitative estimate of drug-likeness (QED) is 0.431. The Kier molecular flexibility index (Phi) is 4.07. The van der Waals surface area contributed by atoms with Gasteiger partial charge in [-0.05, 0) is 59.0 Å². The molecule has 0 unspecified atom stereocenters. The fraction of sp³-hybridized carbons (Fsp3) is 0.0667. The van der Waals surface area contributed by atoms with Crippen LogP contribution in [-0.4, -0.2) is 9.55 Å². The van der Waals surface area contributed by atoms with Gasteiger partial charge in [-0.2, -0.15) is 5.26 Å². The van der Waals surface area contributed by atoms with Crippen LogP contribution in [-0.2, 0) is 5.88 Å². The fourth-order valence-corrected chi connectivity index (χ4v) is 3.07. The smallest absolute Gasteiger partial charge is 0.129 e. The highest BCUT2D eigenvalue weighted by atomic mass is 127. The molecule has 0 bridgehead atoms. The molecule has 6 heteroatoms. The first-order valence-electron chi connectivity index (χ1n) is 6.07. The summed E-state index contributed by atoms with van der Waals surface area (Å²) in [4.78, 5) is 4.55. The second kappa shape index (κ2) is 5.84. The first-order valence-corrected chi connectivity index (χ1v) is 8.06. The zero-order valence-corrected chi connectivity index (χ0v) is 14.3. The van der Waals surface area contributed by atoms with E-state index in [9.17, 15) is 5.26 Å². The van der Waals surface area contributed by atoms with Gasteiger partial charge in [0, 0.05) is 8.59 Å². The molecule has 0 aliphatic carbocycles. The third kappa shape index (κ3) is 2.61. The lowest BCUT2D eigenvalue weighted by atomic mass is 10.2. The van der Waals surface area contributed by atoms with Crippen LogP contribution in [0.5, 0.6) is 0 Å². The van der Waals surface area contributed by atoms with Crippen molar-refractivity contribution < 1.29 is 0 Å². The van der Waals surface area contributed by atoms with Crippen molar-refractivity contribution in [2.24, 2.45) is 0 Å². The second-order valence-corrected chi connectivity index (χ2v) is 6.35. The number of benzene rings is 2.